The number of para-hydroxylation sites is 1. The van der Waals surface area contributed by atoms with Gasteiger partial charge in [-0.3, -0.25) is 4.79 Å². The number of amides is 1. The van der Waals surface area contributed by atoms with E-state index in [-0.39, 0.29) is 42.1 Å². The first kappa shape index (κ1) is 30.2. The lowest BCUT2D eigenvalue weighted by Gasteiger charge is -2.19. The number of hydrogen-bond acceptors (Lipinski definition) is 11. The van der Waals surface area contributed by atoms with Crippen molar-refractivity contribution in [3.63, 3.8) is 0 Å². The highest BCUT2D eigenvalue weighted by atomic mass is 31.2. The number of carbonyl (C=O) groups excluding carboxylic acids is 1. The molecule has 1 unspecified atom stereocenters. The number of hydrogen-bond donors (Lipinski definition) is 5. The lowest BCUT2D eigenvalue weighted by atomic mass is 10.1. The highest BCUT2D eigenvalue weighted by molar-refractivity contribution is 7.53. The van der Waals surface area contributed by atoms with E-state index >= 15 is 0 Å². The number of nitrogens with one attached hydrogen (secondary N) is 1. The molecule has 0 bridgehead atoms. The van der Waals surface area contributed by atoms with E-state index < -0.39 is 25.5 Å². The molecule has 0 aliphatic heterocycles. The molecule has 2 aromatic carbocycles. The Kier molecular flexibility index (Phi) is 9.50. The van der Waals surface area contributed by atoms with Crippen molar-refractivity contribution in [2.24, 2.45) is 0 Å². The van der Waals surface area contributed by atoms with Crippen LogP contribution in [0.1, 0.15) is 35.3 Å². The maximum absolute atomic E-state index is 12.8. The predicted octanol–water partition coefficient (Wildman–Crippen LogP) is 2.84. The summed E-state index contributed by atoms with van der Waals surface area (Å²) in [6.45, 7) is 0.372. The van der Waals surface area contributed by atoms with Gasteiger partial charge in [0.15, 0.2) is 17.0 Å². The molecule has 0 spiro atoms. The minimum Gasteiger partial charge on any atom is -0.480 e. The Labute approximate surface area is 241 Å². The Balaban J connectivity index is 1.29. The Morgan fingerprint density at radius 3 is 2.45 bits per heavy atom. The zero-order chi connectivity index (χ0) is 30.3. The lowest BCUT2D eigenvalue weighted by Crippen LogP contribution is -2.40. The third-order valence-corrected chi connectivity index (χ3v) is 7.63. The molecule has 0 aliphatic carbocycles. The molecular formula is C27H31N8O6P. The fraction of sp³-hybridized carbons (Fsp3) is 0.259. The zero-order valence-corrected chi connectivity index (χ0v) is 23.6. The van der Waals surface area contributed by atoms with Crippen molar-refractivity contribution < 1.29 is 28.7 Å². The number of nitrogen functional groups attached to an aromatic ring is 2. The molecule has 15 heteroatoms. The van der Waals surface area contributed by atoms with Crippen LogP contribution in [0.2, 0.25) is 0 Å². The molecule has 42 heavy (non-hydrogen) atoms. The number of nitrogens with two attached hydrogens (primary N) is 2. The second kappa shape index (κ2) is 13.2. The molecule has 0 radical (unpaired) electrons. The monoisotopic (exact) mass is 594 g/mol. The number of carboxylic acid groups (broad SMARTS) is 1. The Hall–Kier alpha value is -4.81. The van der Waals surface area contributed by atoms with Crippen LogP contribution in [-0.4, -0.2) is 61.1 Å². The molecule has 2 heterocycles. The fourth-order valence-corrected chi connectivity index (χ4v) is 5.28. The molecular weight excluding hydrogens is 563 g/mol. The van der Waals surface area contributed by atoms with E-state index in [1.165, 1.54) is 0 Å². The van der Waals surface area contributed by atoms with Crippen molar-refractivity contribution in [2.75, 3.05) is 29.6 Å². The summed E-state index contributed by atoms with van der Waals surface area (Å²) in [6.07, 6.45) is 2.05. The van der Waals surface area contributed by atoms with E-state index in [1.54, 1.807) is 60.8 Å². The summed E-state index contributed by atoms with van der Waals surface area (Å²) in [5.74, 6) is -1.31. The number of aromatic nitrogens is 4. The molecule has 14 nitrogen and oxygen atoms in total. The number of rotatable bonds is 13. The summed E-state index contributed by atoms with van der Waals surface area (Å²) in [7, 11) is -2.05. The van der Waals surface area contributed by atoms with E-state index in [4.69, 9.17) is 16.0 Å². The lowest BCUT2D eigenvalue weighted by molar-refractivity contribution is -0.139. The fourth-order valence-electron chi connectivity index (χ4n) is 4.11. The summed E-state index contributed by atoms with van der Waals surface area (Å²) in [5, 5.41) is 12.1. The maximum atomic E-state index is 12.8. The topological polar surface area (TPSA) is 220 Å². The smallest absolute Gasteiger partial charge is 0.376 e. The first-order chi connectivity index (χ1) is 20.0. The van der Waals surface area contributed by atoms with Gasteiger partial charge in [-0.25, -0.2) is 19.3 Å². The third-order valence-electron chi connectivity index (χ3n) is 6.25. The minimum atomic E-state index is -3.89. The molecule has 7 N–H and O–H groups in total. The van der Waals surface area contributed by atoms with Gasteiger partial charge in [-0.15, -0.1) is 0 Å². The predicted molar refractivity (Wildman–Crippen MR) is 157 cm³/mol. The van der Waals surface area contributed by atoms with Crippen LogP contribution < -0.4 is 26.2 Å². The van der Waals surface area contributed by atoms with E-state index in [0.29, 0.717) is 29.8 Å². The molecule has 0 fully saturated rings. The van der Waals surface area contributed by atoms with E-state index in [1.807, 2.05) is 11.9 Å². The maximum Gasteiger partial charge on any atom is 0.376 e. The van der Waals surface area contributed by atoms with Gasteiger partial charge in [0.1, 0.15) is 11.8 Å². The number of carboxylic acids is 1. The van der Waals surface area contributed by atoms with Crippen LogP contribution >= 0.6 is 7.60 Å². The van der Waals surface area contributed by atoms with Gasteiger partial charge in [-0.05, 0) is 49.2 Å². The van der Waals surface area contributed by atoms with Crippen molar-refractivity contribution in [3.8, 4) is 5.75 Å². The van der Waals surface area contributed by atoms with E-state index in [0.717, 1.165) is 5.69 Å². The van der Waals surface area contributed by atoms with Gasteiger partial charge in [-0.1, -0.05) is 24.6 Å². The minimum absolute atomic E-state index is 0.0146. The number of aliphatic carboxylic acids is 1. The highest BCUT2D eigenvalue weighted by Gasteiger charge is 2.23. The van der Waals surface area contributed by atoms with Crippen LogP contribution in [0.3, 0.4) is 0 Å². The Bertz CT molecular complexity index is 1610. The van der Waals surface area contributed by atoms with E-state index in [9.17, 15) is 24.2 Å². The molecule has 220 valence electrons. The van der Waals surface area contributed by atoms with Crippen LogP contribution in [0.4, 0.5) is 17.5 Å². The van der Waals surface area contributed by atoms with Crippen LogP contribution in [0.15, 0.2) is 60.8 Å². The van der Waals surface area contributed by atoms with E-state index in [2.05, 4.69) is 25.3 Å². The van der Waals surface area contributed by atoms with Gasteiger partial charge in [0.05, 0.1) is 24.6 Å². The average molecular weight is 595 g/mol. The number of unbranched alkanes of at least 4 members (excludes halogenated alkanes) is 1. The second-order valence-electron chi connectivity index (χ2n) is 9.53. The Morgan fingerprint density at radius 2 is 1.76 bits per heavy atom. The van der Waals surface area contributed by atoms with Crippen molar-refractivity contribution in [1.29, 1.82) is 0 Å². The quantitative estimate of drug-likeness (QED) is 0.111. The summed E-state index contributed by atoms with van der Waals surface area (Å²) in [5.41, 5.74) is 13.8. The van der Waals surface area contributed by atoms with Crippen LogP contribution in [0.5, 0.6) is 5.75 Å². The van der Waals surface area contributed by atoms with Crippen molar-refractivity contribution in [3.05, 3.63) is 72.1 Å². The molecule has 0 saturated heterocycles. The SMILES string of the molecule is CN(Cc1cnc2nc(N)nc(N)c2n1)c1ccc(C(=O)N[C@@H](CCCCP(=O)(O)Oc2ccccc2)C(=O)O)cc1. The van der Waals surface area contributed by atoms with Gasteiger partial charge in [-0.2, -0.15) is 9.97 Å². The van der Waals surface area contributed by atoms with Gasteiger partial charge >= 0.3 is 13.6 Å². The molecule has 2 aromatic heterocycles. The normalized spacial score (nSPS) is 13.2. The first-order valence-electron chi connectivity index (χ1n) is 13.0. The largest absolute Gasteiger partial charge is 0.480 e. The second-order valence-corrected chi connectivity index (χ2v) is 11.4. The number of anilines is 3. The number of fused-ring (bicyclic) bond motifs is 1. The molecule has 4 rings (SSSR count). The van der Waals surface area contributed by atoms with Gasteiger partial charge in [0.2, 0.25) is 5.95 Å². The molecule has 0 saturated carbocycles. The molecule has 2 atom stereocenters. The van der Waals surface area contributed by atoms with Gasteiger partial charge in [0.25, 0.3) is 5.91 Å². The zero-order valence-electron chi connectivity index (χ0n) is 22.8. The van der Waals surface area contributed by atoms with Crippen LogP contribution in [0.25, 0.3) is 11.2 Å². The van der Waals surface area contributed by atoms with Crippen molar-refractivity contribution in [2.45, 2.75) is 31.8 Å². The molecule has 4 aromatic rings. The average Bonchev–Trinajstić information content (AvgIpc) is 2.95. The summed E-state index contributed by atoms with van der Waals surface area (Å²) < 4.78 is 17.5. The van der Waals surface area contributed by atoms with Gasteiger partial charge in [0, 0.05) is 18.3 Å². The van der Waals surface area contributed by atoms with Crippen LogP contribution in [-0.2, 0) is 15.9 Å². The Morgan fingerprint density at radius 1 is 1.05 bits per heavy atom. The van der Waals surface area contributed by atoms with Crippen molar-refractivity contribution in [1.82, 2.24) is 25.3 Å². The number of benzene rings is 2. The summed E-state index contributed by atoms with van der Waals surface area (Å²) in [4.78, 5) is 53.1. The van der Waals surface area contributed by atoms with Gasteiger partial charge < -0.3 is 36.2 Å². The first-order valence-corrected chi connectivity index (χ1v) is 14.7. The standard InChI is InChI=1S/C27H31N8O6P/c1-35(16-18-15-30-24-22(31-18)23(28)33-27(29)34-24)19-12-10-17(11-13-19)25(36)32-21(26(37)38)9-5-6-14-42(39,40)41-20-7-3-2-4-8-20/h2-4,7-8,10-13,15,21H,5-6,9,14,16H2,1H3,(H,32,36)(H,37,38)(H,39,40)(H4,28,29,30,33,34)/t21-/m0/s1. The number of carbonyl (C=O) groups is 2. The highest BCUT2D eigenvalue weighted by Crippen LogP contribution is 2.43. The molecule has 0 aliphatic rings. The van der Waals surface area contributed by atoms with Crippen LogP contribution in [0, 0.1) is 0 Å². The third kappa shape index (κ3) is 8.12. The molecule has 1 amide bonds. The summed E-state index contributed by atoms with van der Waals surface area (Å²) >= 11 is 0. The summed E-state index contributed by atoms with van der Waals surface area (Å²) in [6, 6.07) is 13.8. The van der Waals surface area contributed by atoms with Crippen molar-refractivity contribution >= 4 is 48.1 Å². The number of nitrogens with zero attached hydrogens (tertiary/aromatic N) is 5.